The molecule has 2 aliphatic heterocycles. The predicted molar refractivity (Wildman–Crippen MR) is 122 cm³/mol. The van der Waals surface area contributed by atoms with E-state index >= 15 is 0 Å². The Balaban J connectivity index is 1.68. The van der Waals surface area contributed by atoms with E-state index in [1.54, 1.807) is 35.2 Å². The Kier molecular flexibility index (Phi) is 6.08. The number of pyridine rings is 1. The van der Waals surface area contributed by atoms with Crippen molar-refractivity contribution in [1.82, 2.24) is 14.2 Å². The number of aromatic nitrogens is 1. The molecule has 1 saturated heterocycles. The molecule has 2 N–H and O–H groups in total. The number of hydrogen-bond acceptors (Lipinski definition) is 7. The van der Waals surface area contributed by atoms with Crippen molar-refractivity contribution in [3.05, 3.63) is 65.9 Å². The predicted octanol–water partition coefficient (Wildman–Crippen LogP) is 1.97. The minimum atomic E-state index is -3.53. The van der Waals surface area contributed by atoms with Crippen molar-refractivity contribution in [1.29, 1.82) is 0 Å². The third kappa shape index (κ3) is 4.34. The van der Waals surface area contributed by atoms with Gasteiger partial charge >= 0.3 is 0 Å². The third-order valence-corrected chi connectivity index (χ3v) is 7.77. The van der Waals surface area contributed by atoms with Crippen LogP contribution in [0.4, 0.5) is 5.69 Å². The van der Waals surface area contributed by atoms with Crippen molar-refractivity contribution in [2.45, 2.75) is 24.3 Å². The third-order valence-electron chi connectivity index (χ3n) is 5.77. The maximum atomic E-state index is 13.3. The standard InChI is InChI=1S/C22H28N6O2S/c1-3-17-13-18(6-7-21(17)31(29,30)27-11-9-26(2)10-12-27)20-15-25-22(23)16-28(20)19-5-4-8-24-14-19/h4-8,13-16,20H,3,9-12,23H2,1-2H3. The molecular weight excluding hydrogens is 412 g/mol. The molecule has 9 heteroatoms. The number of rotatable bonds is 5. The topological polar surface area (TPSA) is 95.1 Å². The molecule has 0 saturated carbocycles. The van der Waals surface area contributed by atoms with E-state index in [2.05, 4.69) is 14.9 Å². The highest BCUT2D eigenvalue weighted by Crippen LogP contribution is 2.32. The van der Waals surface area contributed by atoms with Crippen molar-refractivity contribution in [2.75, 3.05) is 38.1 Å². The molecule has 2 aliphatic rings. The average molecular weight is 441 g/mol. The second-order valence-corrected chi connectivity index (χ2v) is 9.73. The number of aryl methyl sites for hydroxylation is 1. The zero-order valence-electron chi connectivity index (χ0n) is 17.8. The maximum absolute atomic E-state index is 13.3. The van der Waals surface area contributed by atoms with Gasteiger partial charge in [-0.2, -0.15) is 4.31 Å². The van der Waals surface area contributed by atoms with Crippen LogP contribution in [0.25, 0.3) is 0 Å². The molecule has 4 rings (SSSR count). The van der Waals surface area contributed by atoms with Crippen molar-refractivity contribution >= 4 is 21.9 Å². The van der Waals surface area contributed by atoms with Crippen LogP contribution in [0.1, 0.15) is 24.1 Å². The lowest BCUT2D eigenvalue weighted by Gasteiger charge is -2.33. The number of sulfonamides is 1. The Labute approximate surface area is 183 Å². The zero-order chi connectivity index (χ0) is 22.0. The first-order valence-corrected chi connectivity index (χ1v) is 11.9. The highest BCUT2D eigenvalue weighted by molar-refractivity contribution is 7.89. The second-order valence-electron chi connectivity index (χ2n) is 7.82. The zero-order valence-corrected chi connectivity index (χ0v) is 18.7. The van der Waals surface area contributed by atoms with Crippen LogP contribution in [-0.4, -0.2) is 62.0 Å². The Hall–Kier alpha value is -2.75. The molecule has 0 aliphatic carbocycles. The molecule has 1 atom stereocenters. The highest BCUT2D eigenvalue weighted by Gasteiger charge is 2.30. The van der Waals surface area contributed by atoms with E-state index in [4.69, 9.17) is 5.73 Å². The van der Waals surface area contributed by atoms with Crippen LogP contribution in [0.5, 0.6) is 0 Å². The van der Waals surface area contributed by atoms with Crippen LogP contribution in [0.3, 0.4) is 0 Å². The fourth-order valence-electron chi connectivity index (χ4n) is 3.95. The summed E-state index contributed by atoms with van der Waals surface area (Å²) in [5.41, 5.74) is 8.58. The number of anilines is 1. The fourth-order valence-corrected chi connectivity index (χ4v) is 5.65. The number of nitrogens with zero attached hydrogens (tertiary/aromatic N) is 5. The summed E-state index contributed by atoms with van der Waals surface area (Å²) in [5, 5.41) is 0. The summed E-state index contributed by atoms with van der Waals surface area (Å²) < 4.78 is 28.2. The average Bonchev–Trinajstić information content (AvgIpc) is 2.79. The SMILES string of the molecule is CCc1cc(C2C=NC(N)=CN2c2cccnc2)ccc1S(=O)(=O)N1CCN(C)CC1. The van der Waals surface area contributed by atoms with Gasteiger partial charge in [0.05, 0.1) is 22.8 Å². The molecule has 2 aromatic rings. The van der Waals surface area contributed by atoms with Crippen LogP contribution in [0, 0.1) is 0 Å². The van der Waals surface area contributed by atoms with E-state index in [0.29, 0.717) is 30.2 Å². The largest absolute Gasteiger partial charge is 0.382 e. The Morgan fingerprint density at radius 3 is 2.61 bits per heavy atom. The van der Waals surface area contributed by atoms with E-state index in [1.165, 1.54) is 0 Å². The van der Waals surface area contributed by atoms with Crippen molar-refractivity contribution < 1.29 is 8.42 Å². The van der Waals surface area contributed by atoms with Gasteiger partial charge in [0.1, 0.15) is 5.82 Å². The highest BCUT2D eigenvalue weighted by atomic mass is 32.2. The van der Waals surface area contributed by atoms with Crippen molar-refractivity contribution in [3.63, 3.8) is 0 Å². The molecule has 3 heterocycles. The number of piperazine rings is 1. The van der Waals surface area contributed by atoms with E-state index in [9.17, 15) is 8.42 Å². The van der Waals surface area contributed by atoms with E-state index in [1.807, 2.05) is 43.1 Å². The summed E-state index contributed by atoms with van der Waals surface area (Å²) in [6.07, 6.45) is 7.67. The Bertz CT molecular complexity index is 1090. The van der Waals surface area contributed by atoms with Crippen LogP contribution < -0.4 is 10.6 Å². The molecular formula is C22H28N6O2S. The van der Waals surface area contributed by atoms with E-state index in [-0.39, 0.29) is 6.04 Å². The van der Waals surface area contributed by atoms with E-state index in [0.717, 1.165) is 29.9 Å². The van der Waals surface area contributed by atoms with Gasteiger partial charge in [-0.3, -0.25) is 4.98 Å². The number of benzene rings is 1. The molecule has 0 spiro atoms. The van der Waals surface area contributed by atoms with Crippen LogP contribution in [-0.2, 0) is 16.4 Å². The Morgan fingerprint density at radius 1 is 1.16 bits per heavy atom. The lowest BCUT2D eigenvalue weighted by molar-refractivity contribution is 0.222. The van der Waals surface area contributed by atoms with Gasteiger partial charge in [-0.05, 0) is 42.8 Å². The van der Waals surface area contributed by atoms with E-state index < -0.39 is 10.0 Å². The maximum Gasteiger partial charge on any atom is 0.243 e. The molecule has 1 unspecified atom stereocenters. The fraction of sp³-hybridized carbons (Fsp3) is 0.364. The van der Waals surface area contributed by atoms with Crippen LogP contribution in [0.2, 0.25) is 0 Å². The Morgan fingerprint density at radius 2 is 1.94 bits per heavy atom. The molecule has 8 nitrogen and oxygen atoms in total. The molecule has 1 fully saturated rings. The first kappa shape index (κ1) is 21.5. The smallest absolute Gasteiger partial charge is 0.243 e. The van der Waals surface area contributed by atoms with Crippen LogP contribution in [0.15, 0.2) is 64.6 Å². The number of likely N-dealkylation sites (N-methyl/N-ethyl adjacent to an activating group) is 1. The number of hydrogen-bond donors (Lipinski definition) is 1. The molecule has 0 amide bonds. The van der Waals surface area contributed by atoms with Gasteiger partial charge in [-0.25, -0.2) is 13.4 Å². The van der Waals surface area contributed by atoms with Gasteiger partial charge < -0.3 is 15.5 Å². The quantitative estimate of drug-likeness (QED) is 0.764. The minimum Gasteiger partial charge on any atom is -0.382 e. The van der Waals surface area contributed by atoms with Gasteiger partial charge in [0.15, 0.2) is 0 Å². The van der Waals surface area contributed by atoms with Crippen molar-refractivity contribution in [2.24, 2.45) is 10.7 Å². The minimum absolute atomic E-state index is 0.206. The molecule has 31 heavy (non-hydrogen) atoms. The number of aliphatic imine (C=N–C) groups is 1. The molecule has 0 radical (unpaired) electrons. The van der Waals surface area contributed by atoms with Crippen molar-refractivity contribution in [3.8, 4) is 0 Å². The van der Waals surface area contributed by atoms with Gasteiger partial charge in [0, 0.05) is 44.8 Å². The normalized spacial score (nSPS) is 20.6. The second kappa shape index (κ2) is 8.78. The monoisotopic (exact) mass is 440 g/mol. The van der Waals surface area contributed by atoms with Gasteiger partial charge in [-0.1, -0.05) is 19.1 Å². The lowest BCUT2D eigenvalue weighted by atomic mass is 10.0. The number of nitrogens with two attached hydrogens (primary N) is 1. The summed E-state index contributed by atoms with van der Waals surface area (Å²) >= 11 is 0. The summed E-state index contributed by atoms with van der Waals surface area (Å²) in [4.78, 5) is 13.0. The van der Waals surface area contributed by atoms with Gasteiger partial charge in [0.2, 0.25) is 10.0 Å². The molecule has 164 valence electrons. The summed E-state index contributed by atoms with van der Waals surface area (Å²) in [7, 11) is -1.52. The molecule has 0 bridgehead atoms. The van der Waals surface area contributed by atoms with Gasteiger partial charge in [0.25, 0.3) is 0 Å². The summed E-state index contributed by atoms with van der Waals surface area (Å²) in [5.74, 6) is 0.407. The van der Waals surface area contributed by atoms with Gasteiger partial charge in [-0.15, -0.1) is 0 Å². The first-order valence-electron chi connectivity index (χ1n) is 10.4. The molecule has 1 aromatic carbocycles. The van der Waals surface area contributed by atoms with Crippen LogP contribution >= 0.6 is 0 Å². The summed E-state index contributed by atoms with van der Waals surface area (Å²) in [6.45, 7) is 4.49. The first-order chi connectivity index (χ1) is 14.9. The lowest BCUT2D eigenvalue weighted by Crippen LogP contribution is -2.47. The molecule has 1 aromatic heterocycles. The summed E-state index contributed by atoms with van der Waals surface area (Å²) in [6, 6.07) is 9.19.